The van der Waals surface area contributed by atoms with E-state index in [0.717, 1.165) is 51.4 Å². The Morgan fingerprint density at radius 2 is 1.53 bits per heavy atom. The molecule has 0 aromatic carbocycles. The van der Waals surface area contributed by atoms with Crippen LogP contribution in [-0.4, -0.2) is 56.9 Å². The molecule has 0 aromatic rings. The highest BCUT2D eigenvalue weighted by Gasteiger charge is 2.69. The Morgan fingerprint density at radius 3 is 2.21 bits per heavy atom. The van der Waals surface area contributed by atoms with E-state index in [1.54, 1.807) is 6.92 Å². The van der Waals surface area contributed by atoms with Crippen molar-refractivity contribution in [3.8, 4) is 0 Å². The fraction of sp³-hybridized carbons (Fsp3) is 0.919. The van der Waals surface area contributed by atoms with Crippen LogP contribution in [0.25, 0.3) is 0 Å². The normalized spacial score (nSPS) is 53.8. The van der Waals surface area contributed by atoms with Gasteiger partial charge in [0.15, 0.2) is 0 Å². The fourth-order valence-corrected chi connectivity index (χ4v) is 12.7. The maximum atomic E-state index is 12.9. The molecule has 244 valence electrons. The summed E-state index contributed by atoms with van der Waals surface area (Å²) in [4.78, 5) is 12.9. The van der Waals surface area contributed by atoms with Crippen LogP contribution in [0.4, 0.5) is 0 Å². The second kappa shape index (κ2) is 10.0. The lowest BCUT2D eigenvalue weighted by Crippen LogP contribution is -2.65. The number of allylic oxidation sites excluding steroid dienone is 2. The topological polar surface area (TPSA) is 107 Å². The van der Waals surface area contributed by atoms with Crippen molar-refractivity contribution in [3.63, 3.8) is 0 Å². The van der Waals surface area contributed by atoms with Crippen LogP contribution in [0.1, 0.15) is 126 Å². The van der Waals surface area contributed by atoms with Crippen LogP contribution < -0.4 is 0 Å². The van der Waals surface area contributed by atoms with Gasteiger partial charge in [-0.25, -0.2) is 0 Å². The maximum absolute atomic E-state index is 12.9. The Labute approximate surface area is 260 Å². The Kier molecular flexibility index (Phi) is 7.46. The second-order valence-corrected chi connectivity index (χ2v) is 18.3. The third-order valence-corrected chi connectivity index (χ3v) is 15.8. The molecular formula is C37H60O6. The molecule has 4 N–H and O–H groups in total. The lowest BCUT2D eigenvalue weighted by molar-refractivity contribution is -0.232. The van der Waals surface area contributed by atoms with Crippen molar-refractivity contribution < 1.29 is 30.0 Å². The summed E-state index contributed by atoms with van der Waals surface area (Å²) in [6.45, 7) is 19.0. The van der Waals surface area contributed by atoms with Crippen LogP contribution in [0.3, 0.4) is 0 Å². The summed E-state index contributed by atoms with van der Waals surface area (Å²) in [5.74, 6) is 1.03. The molecule has 5 aliphatic carbocycles. The molecule has 0 aromatic heterocycles. The van der Waals surface area contributed by atoms with E-state index in [0.29, 0.717) is 24.2 Å². The minimum atomic E-state index is -1.17. The number of ether oxygens (including phenoxy) is 1. The highest BCUT2D eigenvalue weighted by atomic mass is 16.5. The number of carboxylic acids is 1. The first-order valence-corrected chi connectivity index (χ1v) is 17.5. The van der Waals surface area contributed by atoms with E-state index < -0.39 is 41.9 Å². The quantitative estimate of drug-likeness (QED) is 0.267. The highest BCUT2D eigenvalue weighted by Crippen LogP contribution is 2.76. The molecular weight excluding hydrogens is 540 g/mol. The zero-order valence-corrected chi connectivity index (χ0v) is 28.2. The van der Waals surface area contributed by atoms with Gasteiger partial charge in [0.2, 0.25) is 0 Å². The standard InChI is InChI=1S/C37H60O6/c1-21-28(38)30(40)29(39)25(43-21)19-22-11-13-34(6)26(33(22,4)5)12-14-36(8)27(34)10-9-23-24-20-32(2,3)15-17-37(24,31(41)42)18-16-35(23,36)7/h9,21-22,24-30,38-40H,10-20H2,1-8H3,(H,41,42)/t21?,22-,24?,25-,26?,27?,28-,29?,30?,34-,35+,36+,37-/m0/s1. The smallest absolute Gasteiger partial charge is 0.310 e. The zero-order valence-electron chi connectivity index (χ0n) is 28.2. The number of aliphatic hydroxyl groups is 3. The van der Waals surface area contributed by atoms with Crippen molar-refractivity contribution in [2.45, 2.75) is 157 Å². The van der Waals surface area contributed by atoms with Gasteiger partial charge >= 0.3 is 5.97 Å². The molecule has 0 radical (unpaired) electrons. The van der Waals surface area contributed by atoms with Crippen molar-refractivity contribution in [1.82, 2.24) is 0 Å². The predicted octanol–water partition coefficient (Wildman–Crippen LogP) is 6.75. The summed E-state index contributed by atoms with van der Waals surface area (Å²) in [6, 6.07) is 0. The van der Waals surface area contributed by atoms with Crippen LogP contribution in [0.15, 0.2) is 11.6 Å². The summed E-state index contributed by atoms with van der Waals surface area (Å²) in [5.41, 5.74) is 1.45. The van der Waals surface area contributed by atoms with E-state index >= 15 is 0 Å². The van der Waals surface area contributed by atoms with Crippen molar-refractivity contribution in [2.75, 3.05) is 0 Å². The van der Waals surface area contributed by atoms with Gasteiger partial charge < -0.3 is 25.2 Å². The fourth-order valence-electron chi connectivity index (χ4n) is 12.7. The molecule has 6 rings (SSSR count). The van der Waals surface area contributed by atoms with E-state index in [1.807, 2.05) is 0 Å². The molecule has 0 bridgehead atoms. The minimum Gasteiger partial charge on any atom is -0.481 e. The van der Waals surface area contributed by atoms with Gasteiger partial charge in [-0.2, -0.15) is 0 Å². The molecule has 4 saturated carbocycles. The first-order chi connectivity index (χ1) is 19.8. The monoisotopic (exact) mass is 600 g/mol. The average Bonchev–Trinajstić information content (AvgIpc) is 2.91. The van der Waals surface area contributed by atoms with Gasteiger partial charge in [-0.05, 0) is 128 Å². The molecule has 0 spiro atoms. The molecule has 6 unspecified atom stereocenters. The molecule has 1 heterocycles. The van der Waals surface area contributed by atoms with Crippen molar-refractivity contribution in [1.29, 1.82) is 0 Å². The highest BCUT2D eigenvalue weighted by molar-refractivity contribution is 5.76. The number of hydrogen-bond acceptors (Lipinski definition) is 5. The zero-order chi connectivity index (χ0) is 31.5. The summed E-state index contributed by atoms with van der Waals surface area (Å²) in [6.07, 6.45) is 9.16. The predicted molar refractivity (Wildman–Crippen MR) is 167 cm³/mol. The molecule has 6 heteroatoms. The minimum absolute atomic E-state index is 0.0229. The number of carbonyl (C=O) groups is 1. The number of carboxylic acid groups (broad SMARTS) is 1. The Bertz CT molecular complexity index is 1160. The number of hydrogen-bond donors (Lipinski definition) is 4. The first-order valence-electron chi connectivity index (χ1n) is 17.5. The SMILES string of the molecule is CC1O[C@@H](C[C@@H]2CC[C@@]3(C)C(CC[C@]4(C)C3CC=C3C5CC(C)(C)CC[C@]5(C(=O)O)CC[C@]34C)C2(C)C)C(O)C(O)[C@H]1O. The van der Waals surface area contributed by atoms with E-state index in [9.17, 15) is 25.2 Å². The first kappa shape index (κ1) is 32.0. The molecule has 13 atom stereocenters. The Hall–Kier alpha value is -0.950. The molecule has 0 amide bonds. The summed E-state index contributed by atoms with van der Waals surface area (Å²) >= 11 is 0. The van der Waals surface area contributed by atoms with Gasteiger partial charge in [-0.15, -0.1) is 0 Å². The molecule has 6 nitrogen and oxygen atoms in total. The van der Waals surface area contributed by atoms with Gasteiger partial charge in [0.05, 0.1) is 17.6 Å². The summed E-state index contributed by atoms with van der Waals surface area (Å²) in [5, 5.41) is 42.2. The van der Waals surface area contributed by atoms with Crippen molar-refractivity contribution in [3.05, 3.63) is 11.6 Å². The molecule has 5 fully saturated rings. The summed E-state index contributed by atoms with van der Waals surface area (Å²) in [7, 11) is 0. The van der Waals surface area contributed by atoms with Crippen LogP contribution in [0.2, 0.25) is 0 Å². The number of aliphatic carboxylic acids is 1. The van der Waals surface area contributed by atoms with Crippen LogP contribution in [0, 0.1) is 56.2 Å². The lowest BCUT2D eigenvalue weighted by Gasteiger charge is -2.71. The van der Waals surface area contributed by atoms with Crippen molar-refractivity contribution in [2.24, 2.45) is 56.2 Å². The van der Waals surface area contributed by atoms with Gasteiger partial charge in [-0.3, -0.25) is 4.79 Å². The van der Waals surface area contributed by atoms with Gasteiger partial charge in [-0.1, -0.05) is 60.1 Å². The summed E-state index contributed by atoms with van der Waals surface area (Å²) < 4.78 is 6.09. The molecule has 1 saturated heterocycles. The number of aliphatic hydroxyl groups excluding tert-OH is 3. The van der Waals surface area contributed by atoms with Crippen LogP contribution in [0.5, 0.6) is 0 Å². The molecule has 43 heavy (non-hydrogen) atoms. The largest absolute Gasteiger partial charge is 0.481 e. The van der Waals surface area contributed by atoms with Crippen LogP contribution >= 0.6 is 0 Å². The van der Waals surface area contributed by atoms with Gasteiger partial charge in [0.1, 0.15) is 18.3 Å². The average molecular weight is 601 g/mol. The molecule has 6 aliphatic rings. The third-order valence-electron chi connectivity index (χ3n) is 15.8. The maximum Gasteiger partial charge on any atom is 0.310 e. The second-order valence-electron chi connectivity index (χ2n) is 18.3. The molecule has 1 aliphatic heterocycles. The van der Waals surface area contributed by atoms with Gasteiger partial charge in [0, 0.05) is 0 Å². The van der Waals surface area contributed by atoms with E-state index in [-0.39, 0.29) is 33.0 Å². The lowest BCUT2D eigenvalue weighted by atomic mass is 9.33. The van der Waals surface area contributed by atoms with Crippen LogP contribution in [-0.2, 0) is 9.53 Å². The number of fused-ring (bicyclic) bond motifs is 7. The van der Waals surface area contributed by atoms with E-state index in [2.05, 4.69) is 54.5 Å². The number of rotatable bonds is 3. The Morgan fingerprint density at radius 1 is 0.860 bits per heavy atom. The van der Waals surface area contributed by atoms with E-state index in [1.165, 1.54) is 18.4 Å². The third kappa shape index (κ3) is 4.34. The van der Waals surface area contributed by atoms with Crippen molar-refractivity contribution >= 4 is 5.97 Å². The Balaban J connectivity index is 1.30. The van der Waals surface area contributed by atoms with E-state index in [4.69, 9.17) is 4.74 Å². The van der Waals surface area contributed by atoms with Gasteiger partial charge in [0.25, 0.3) is 0 Å².